The molecule has 1 aromatic carbocycles. The van der Waals surface area contributed by atoms with Crippen molar-refractivity contribution in [1.82, 2.24) is 0 Å². The van der Waals surface area contributed by atoms with E-state index in [1.807, 2.05) is 44.2 Å². The van der Waals surface area contributed by atoms with Crippen LogP contribution in [0.4, 0.5) is 0 Å². The van der Waals surface area contributed by atoms with Gasteiger partial charge in [-0.25, -0.2) is 0 Å². The van der Waals surface area contributed by atoms with Gasteiger partial charge in [0.1, 0.15) is 17.5 Å². The van der Waals surface area contributed by atoms with Crippen LogP contribution < -0.4 is 10.5 Å². The van der Waals surface area contributed by atoms with Gasteiger partial charge in [0, 0.05) is 6.54 Å². The van der Waals surface area contributed by atoms with Crippen molar-refractivity contribution in [1.29, 1.82) is 0 Å². The summed E-state index contributed by atoms with van der Waals surface area (Å²) < 4.78 is 5.62. The lowest BCUT2D eigenvalue weighted by molar-refractivity contribution is -0.0228. The second kappa shape index (κ2) is 4.44. The fourth-order valence-corrected chi connectivity index (χ4v) is 1.14. The molecule has 14 heavy (non-hydrogen) atoms. The van der Waals surface area contributed by atoms with E-state index in [1.54, 1.807) is 0 Å². The van der Waals surface area contributed by atoms with Crippen LogP contribution in [0.2, 0.25) is 0 Å². The Bertz CT molecular complexity index is 272. The molecular weight excluding hydrogens is 178 g/mol. The predicted octanol–water partition coefficient (Wildman–Crippen LogP) is 1.16. The van der Waals surface area contributed by atoms with Gasteiger partial charge in [-0.15, -0.1) is 0 Å². The maximum atomic E-state index is 9.60. The van der Waals surface area contributed by atoms with Crippen LogP contribution in [0, 0.1) is 0 Å². The molecule has 0 aliphatic carbocycles. The quantitative estimate of drug-likeness (QED) is 0.758. The molecule has 0 saturated carbocycles. The molecular formula is C11H17NO2. The van der Waals surface area contributed by atoms with Gasteiger partial charge in [-0.2, -0.15) is 0 Å². The van der Waals surface area contributed by atoms with Gasteiger partial charge >= 0.3 is 0 Å². The number of hydrogen-bond acceptors (Lipinski definition) is 3. The van der Waals surface area contributed by atoms with Crippen LogP contribution in [-0.2, 0) is 0 Å². The molecule has 3 nitrogen and oxygen atoms in total. The van der Waals surface area contributed by atoms with Gasteiger partial charge in [-0.05, 0) is 26.0 Å². The number of aliphatic hydroxyl groups excluding tert-OH is 1. The van der Waals surface area contributed by atoms with Crippen molar-refractivity contribution in [2.75, 3.05) is 6.54 Å². The average molecular weight is 195 g/mol. The van der Waals surface area contributed by atoms with Crippen LogP contribution >= 0.6 is 0 Å². The first-order valence-electron chi connectivity index (χ1n) is 4.68. The molecule has 0 saturated heterocycles. The fourth-order valence-electron chi connectivity index (χ4n) is 1.14. The van der Waals surface area contributed by atoms with Gasteiger partial charge in [0.2, 0.25) is 0 Å². The number of aliphatic hydroxyl groups is 1. The minimum Gasteiger partial charge on any atom is -0.485 e. The standard InChI is InChI=1S/C11H17NO2/c1-11(2,10(13)8-12)14-9-6-4-3-5-7-9/h3-7,10,13H,8,12H2,1-2H3. The van der Waals surface area contributed by atoms with Crippen LogP contribution in [0.1, 0.15) is 13.8 Å². The van der Waals surface area contributed by atoms with Crippen molar-refractivity contribution >= 4 is 0 Å². The summed E-state index contributed by atoms with van der Waals surface area (Å²) in [5.74, 6) is 0.741. The monoisotopic (exact) mass is 195 g/mol. The molecule has 78 valence electrons. The molecule has 0 heterocycles. The second-order valence-electron chi connectivity index (χ2n) is 3.77. The molecule has 3 N–H and O–H groups in total. The summed E-state index contributed by atoms with van der Waals surface area (Å²) in [5, 5.41) is 9.60. The molecule has 0 bridgehead atoms. The van der Waals surface area contributed by atoms with Crippen molar-refractivity contribution in [3.8, 4) is 5.75 Å². The highest BCUT2D eigenvalue weighted by Gasteiger charge is 2.28. The Labute approximate surface area is 84.5 Å². The van der Waals surface area contributed by atoms with Crippen molar-refractivity contribution in [3.63, 3.8) is 0 Å². The average Bonchev–Trinajstić information content (AvgIpc) is 2.17. The third-order valence-corrected chi connectivity index (χ3v) is 2.15. The number of rotatable bonds is 4. The third-order valence-electron chi connectivity index (χ3n) is 2.15. The van der Waals surface area contributed by atoms with Crippen molar-refractivity contribution in [2.24, 2.45) is 5.73 Å². The fraction of sp³-hybridized carbons (Fsp3) is 0.455. The molecule has 0 fully saturated rings. The molecule has 0 amide bonds. The highest BCUT2D eigenvalue weighted by Crippen LogP contribution is 2.20. The summed E-state index contributed by atoms with van der Waals surface area (Å²) >= 11 is 0. The molecule has 1 rings (SSSR count). The summed E-state index contributed by atoms with van der Waals surface area (Å²) in [6.07, 6.45) is -0.664. The molecule has 0 aliphatic heterocycles. The van der Waals surface area contributed by atoms with E-state index >= 15 is 0 Å². The summed E-state index contributed by atoms with van der Waals surface area (Å²) in [6.45, 7) is 3.83. The van der Waals surface area contributed by atoms with E-state index in [0.717, 1.165) is 5.75 Å². The minimum absolute atomic E-state index is 0.194. The van der Waals surface area contributed by atoms with Crippen LogP contribution in [0.3, 0.4) is 0 Å². The van der Waals surface area contributed by atoms with E-state index in [9.17, 15) is 5.11 Å². The summed E-state index contributed by atoms with van der Waals surface area (Å²) in [7, 11) is 0. The molecule has 0 spiro atoms. The van der Waals surface area contributed by atoms with Gasteiger partial charge in [0.05, 0.1) is 0 Å². The summed E-state index contributed by atoms with van der Waals surface area (Å²) in [5.41, 5.74) is 4.73. The van der Waals surface area contributed by atoms with E-state index in [1.165, 1.54) is 0 Å². The first-order valence-corrected chi connectivity index (χ1v) is 4.68. The predicted molar refractivity (Wildman–Crippen MR) is 56.2 cm³/mol. The van der Waals surface area contributed by atoms with Gasteiger partial charge < -0.3 is 15.6 Å². The van der Waals surface area contributed by atoms with E-state index in [-0.39, 0.29) is 6.54 Å². The number of para-hydroxylation sites is 1. The lowest BCUT2D eigenvalue weighted by Crippen LogP contribution is -2.46. The Balaban J connectivity index is 2.68. The lowest BCUT2D eigenvalue weighted by Gasteiger charge is -2.30. The Kier molecular flexibility index (Phi) is 3.49. The van der Waals surface area contributed by atoms with Gasteiger partial charge in [-0.1, -0.05) is 18.2 Å². The Morgan fingerprint density at radius 2 is 1.93 bits per heavy atom. The number of nitrogens with two attached hydrogens (primary N) is 1. The Hall–Kier alpha value is -1.06. The van der Waals surface area contributed by atoms with Gasteiger partial charge in [0.15, 0.2) is 0 Å². The van der Waals surface area contributed by atoms with Crippen molar-refractivity contribution in [3.05, 3.63) is 30.3 Å². The molecule has 0 radical (unpaired) electrons. The first-order chi connectivity index (χ1) is 6.56. The Morgan fingerprint density at radius 3 is 2.43 bits per heavy atom. The second-order valence-corrected chi connectivity index (χ2v) is 3.77. The topological polar surface area (TPSA) is 55.5 Å². The van der Waals surface area contributed by atoms with Crippen molar-refractivity contribution in [2.45, 2.75) is 25.6 Å². The van der Waals surface area contributed by atoms with Crippen molar-refractivity contribution < 1.29 is 9.84 Å². The van der Waals surface area contributed by atoms with Gasteiger partial charge in [0.25, 0.3) is 0 Å². The van der Waals surface area contributed by atoms with E-state index < -0.39 is 11.7 Å². The zero-order valence-electron chi connectivity index (χ0n) is 8.60. The number of hydrogen-bond donors (Lipinski definition) is 2. The molecule has 1 atom stereocenters. The highest BCUT2D eigenvalue weighted by atomic mass is 16.5. The summed E-state index contributed by atoms with van der Waals surface area (Å²) in [4.78, 5) is 0. The maximum Gasteiger partial charge on any atom is 0.130 e. The van der Waals surface area contributed by atoms with Crippen LogP contribution in [0.15, 0.2) is 30.3 Å². The smallest absolute Gasteiger partial charge is 0.130 e. The van der Waals surface area contributed by atoms with E-state index in [2.05, 4.69) is 0 Å². The normalized spacial score (nSPS) is 13.7. The van der Waals surface area contributed by atoms with E-state index in [0.29, 0.717) is 0 Å². The SMILES string of the molecule is CC(C)(Oc1ccccc1)C(O)CN. The zero-order valence-corrected chi connectivity index (χ0v) is 8.60. The summed E-state index contributed by atoms with van der Waals surface area (Å²) in [6, 6.07) is 9.40. The van der Waals surface area contributed by atoms with Crippen LogP contribution in [0.25, 0.3) is 0 Å². The molecule has 0 aromatic heterocycles. The molecule has 1 unspecified atom stereocenters. The lowest BCUT2D eigenvalue weighted by atomic mass is 10.0. The highest BCUT2D eigenvalue weighted by molar-refractivity contribution is 5.22. The Morgan fingerprint density at radius 1 is 1.36 bits per heavy atom. The molecule has 3 heteroatoms. The van der Waals surface area contributed by atoms with Crippen LogP contribution in [0.5, 0.6) is 5.75 Å². The molecule has 1 aromatic rings. The number of benzene rings is 1. The van der Waals surface area contributed by atoms with E-state index in [4.69, 9.17) is 10.5 Å². The first kappa shape index (κ1) is 11.0. The van der Waals surface area contributed by atoms with Crippen LogP contribution in [-0.4, -0.2) is 23.4 Å². The zero-order chi connectivity index (χ0) is 10.6. The largest absolute Gasteiger partial charge is 0.485 e. The number of ether oxygens (including phenoxy) is 1. The molecule has 0 aliphatic rings. The van der Waals surface area contributed by atoms with Gasteiger partial charge in [-0.3, -0.25) is 0 Å². The maximum absolute atomic E-state index is 9.60. The third kappa shape index (κ3) is 2.72. The minimum atomic E-state index is -0.664.